The first-order valence-electron chi connectivity index (χ1n) is 4.83. The Morgan fingerprint density at radius 3 is 2.64 bits per heavy atom. The van der Waals surface area contributed by atoms with Crippen LogP contribution in [-0.4, -0.2) is 12.8 Å². The fourth-order valence-electron chi connectivity index (χ4n) is 1.61. The SMILES string of the molecule is [B]c1cc2ccccc2nc1C(C)C. The first kappa shape index (κ1) is 9.26. The normalized spacial score (nSPS) is 11.1. The van der Waals surface area contributed by atoms with Crippen LogP contribution in [0.25, 0.3) is 10.9 Å². The average molecular weight is 181 g/mol. The van der Waals surface area contributed by atoms with Crippen LogP contribution in [0.2, 0.25) is 0 Å². The number of nitrogens with zero attached hydrogens (tertiary/aromatic N) is 1. The highest BCUT2D eigenvalue weighted by atomic mass is 14.7. The Bertz CT molecular complexity index is 463. The van der Waals surface area contributed by atoms with Gasteiger partial charge in [-0.1, -0.05) is 43.6 Å². The third-order valence-corrected chi connectivity index (χ3v) is 2.33. The predicted octanol–water partition coefficient (Wildman–Crippen LogP) is 2.15. The fourth-order valence-corrected chi connectivity index (χ4v) is 1.61. The summed E-state index contributed by atoms with van der Waals surface area (Å²) < 4.78 is 0. The second-order valence-electron chi connectivity index (χ2n) is 3.81. The van der Waals surface area contributed by atoms with Gasteiger partial charge in [-0.05, 0) is 17.4 Å². The molecule has 0 saturated heterocycles. The molecule has 0 aliphatic rings. The van der Waals surface area contributed by atoms with Gasteiger partial charge < -0.3 is 0 Å². The molecule has 0 amide bonds. The summed E-state index contributed by atoms with van der Waals surface area (Å²) in [6, 6.07) is 10.0. The summed E-state index contributed by atoms with van der Waals surface area (Å²) in [6.07, 6.45) is 0. The standard InChI is InChI=1S/C12H12BN/c1-8(2)12-10(13)7-9-5-3-4-6-11(9)14-12/h3-8H,1-2H3. The van der Waals surface area contributed by atoms with Crippen LogP contribution in [0, 0.1) is 0 Å². The van der Waals surface area contributed by atoms with Crippen molar-refractivity contribution >= 4 is 24.2 Å². The van der Waals surface area contributed by atoms with Gasteiger partial charge in [0.05, 0.1) is 5.52 Å². The smallest absolute Gasteiger partial charge is 0.116 e. The molecule has 1 aromatic heterocycles. The van der Waals surface area contributed by atoms with Crippen LogP contribution in [0.1, 0.15) is 25.5 Å². The summed E-state index contributed by atoms with van der Waals surface area (Å²) in [4.78, 5) is 4.55. The highest BCUT2D eigenvalue weighted by Crippen LogP contribution is 2.14. The number of aromatic nitrogens is 1. The monoisotopic (exact) mass is 181 g/mol. The molecule has 0 spiro atoms. The molecule has 2 rings (SSSR count). The number of para-hydroxylation sites is 1. The van der Waals surface area contributed by atoms with Crippen LogP contribution in [0.15, 0.2) is 30.3 Å². The molecule has 0 aliphatic carbocycles. The van der Waals surface area contributed by atoms with Crippen LogP contribution >= 0.6 is 0 Å². The lowest BCUT2D eigenvalue weighted by Gasteiger charge is -2.10. The highest BCUT2D eigenvalue weighted by molar-refractivity contribution is 6.34. The van der Waals surface area contributed by atoms with Crippen LogP contribution in [-0.2, 0) is 0 Å². The largest absolute Gasteiger partial charge is 0.253 e. The van der Waals surface area contributed by atoms with E-state index in [4.69, 9.17) is 7.85 Å². The first-order chi connectivity index (χ1) is 6.68. The minimum atomic E-state index is 0.375. The van der Waals surface area contributed by atoms with E-state index in [1.54, 1.807) is 0 Å². The molecule has 0 fully saturated rings. The van der Waals surface area contributed by atoms with E-state index < -0.39 is 0 Å². The van der Waals surface area contributed by atoms with Crippen molar-refractivity contribution in [2.24, 2.45) is 0 Å². The number of hydrogen-bond acceptors (Lipinski definition) is 1. The van der Waals surface area contributed by atoms with Crippen molar-refractivity contribution in [1.82, 2.24) is 4.98 Å². The second kappa shape index (κ2) is 3.45. The maximum Gasteiger partial charge on any atom is 0.116 e. The number of fused-ring (bicyclic) bond motifs is 1. The molecule has 0 aliphatic heterocycles. The van der Waals surface area contributed by atoms with Crippen molar-refractivity contribution in [3.8, 4) is 0 Å². The lowest BCUT2D eigenvalue weighted by molar-refractivity contribution is 0.837. The number of rotatable bonds is 1. The molecular formula is C12H12BN. The van der Waals surface area contributed by atoms with E-state index >= 15 is 0 Å². The summed E-state index contributed by atoms with van der Waals surface area (Å²) in [6.45, 7) is 4.21. The zero-order chi connectivity index (χ0) is 10.1. The fraction of sp³-hybridized carbons (Fsp3) is 0.250. The van der Waals surface area contributed by atoms with Crippen molar-refractivity contribution < 1.29 is 0 Å². The van der Waals surface area contributed by atoms with Gasteiger partial charge in [-0.3, -0.25) is 4.98 Å². The lowest BCUT2D eigenvalue weighted by Crippen LogP contribution is -2.14. The van der Waals surface area contributed by atoms with Gasteiger partial charge in [0.25, 0.3) is 0 Å². The van der Waals surface area contributed by atoms with Gasteiger partial charge >= 0.3 is 0 Å². The topological polar surface area (TPSA) is 12.9 Å². The minimum absolute atomic E-state index is 0.375. The van der Waals surface area contributed by atoms with Crippen LogP contribution < -0.4 is 5.46 Å². The molecule has 14 heavy (non-hydrogen) atoms. The molecule has 0 bridgehead atoms. The Hall–Kier alpha value is -1.31. The summed E-state index contributed by atoms with van der Waals surface area (Å²) >= 11 is 0. The predicted molar refractivity (Wildman–Crippen MR) is 61.2 cm³/mol. The van der Waals surface area contributed by atoms with E-state index in [0.717, 1.165) is 22.1 Å². The van der Waals surface area contributed by atoms with Gasteiger partial charge in [0.15, 0.2) is 0 Å². The van der Waals surface area contributed by atoms with E-state index in [1.807, 2.05) is 30.3 Å². The highest BCUT2D eigenvalue weighted by Gasteiger charge is 2.05. The minimum Gasteiger partial charge on any atom is -0.253 e. The van der Waals surface area contributed by atoms with E-state index in [2.05, 4.69) is 18.8 Å². The Labute approximate surface area is 85.6 Å². The van der Waals surface area contributed by atoms with Crippen molar-refractivity contribution in [1.29, 1.82) is 0 Å². The first-order valence-corrected chi connectivity index (χ1v) is 4.83. The Kier molecular flexibility index (Phi) is 2.28. The molecule has 1 nitrogen and oxygen atoms in total. The van der Waals surface area contributed by atoms with E-state index in [-0.39, 0.29) is 0 Å². The van der Waals surface area contributed by atoms with Gasteiger partial charge in [-0.25, -0.2) is 0 Å². The second-order valence-corrected chi connectivity index (χ2v) is 3.81. The summed E-state index contributed by atoms with van der Waals surface area (Å²) in [7, 11) is 5.93. The molecular weight excluding hydrogens is 169 g/mol. The third kappa shape index (κ3) is 1.52. The van der Waals surface area contributed by atoms with Gasteiger partial charge in [0.2, 0.25) is 0 Å². The Balaban J connectivity index is 2.71. The van der Waals surface area contributed by atoms with Gasteiger partial charge in [-0.2, -0.15) is 0 Å². The quantitative estimate of drug-likeness (QED) is 0.614. The molecule has 2 aromatic rings. The zero-order valence-electron chi connectivity index (χ0n) is 8.49. The van der Waals surface area contributed by atoms with Crippen molar-refractivity contribution in [3.63, 3.8) is 0 Å². The number of benzene rings is 1. The van der Waals surface area contributed by atoms with E-state index in [1.165, 1.54) is 0 Å². The maximum absolute atomic E-state index is 5.93. The van der Waals surface area contributed by atoms with Crippen molar-refractivity contribution in [3.05, 3.63) is 36.0 Å². The van der Waals surface area contributed by atoms with Crippen LogP contribution in [0.4, 0.5) is 0 Å². The maximum atomic E-state index is 5.93. The van der Waals surface area contributed by atoms with Crippen LogP contribution in [0.3, 0.4) is 0 Å². The molecule has 0 unspecified atom stereocenters. The number of hydrogen-bond donors (Lipinski definition) is 0. The van der Waals surface area contributed by atoms with Gasteiger partial charge in [0, 0.05) is 5.69 Å². The molecule has 0 N–H and O–H groups in total. The molecule has 0 saturated carbocycles. The average Bonchev–Trinajstić information content (AvgIpc) is 2.16. The summed E-state index contributed by atoms with van der Waals surface area (Å²) in [5.41, 5.74) is 2.80. The summed E-state index contributed by atoms with van der Waals surface area (Å²) in [5.74, 6) is 0.375. The molecule has 2 radical (unpaired) electrons. The third-order valence-electron chi connectivity index (χ3n) is 2.33. The molecule has 0 atom stereocenters. The zero-order valence-corrected chi connectivity index (χ0v) is 8.49. The van der Waals surface area contributed by atoms with Crippen molar-refractivity contribution in [2.45, 2.75) is 19.8 Å². The molecule has 1 heterocycles. The Morgan fingerprint density at radius 2 is 1.93 bits per heavy atom. The van der Waals surface area contributed by atoms with Gasteiger partial charge in [-0.15, -0.1) is 0 Å². The van der Waals surface area contributed by atoms with E-state index in [9.17, 15) is 0 Å². The van der Waals surface area contributed by atoms with Gasteiger partial charge in [0.1, 0.15) is 7.85 Å². The molecule has 2 heteroatoms. The molecule has 1 aromatic carbocycles. The van der Waals surface area contributed by atoms with E-state index in [0.29, 0.717) is 5.92 Å². The van der Waals surface area contributed by atoms with Crippen molar-refractivity contribution in [2.75, 3.05) is 0 Å². The Morgan fingerprint density at radius 1 is 1.21 bits per heavy atom. The van der Waals surface area contributed by atoms with Crippen LogP contribution in [0.5, 0.6) is 0 Å². The molecule has 68 valence electrons. The summed E-state index contributed by atoms with van der Waals surface area (Å²) in [5, 5.41) is 1.11. The number of pyridine rings is 1. The lowest BCUT2D eigenvalue weighted by atomic mass is 9.88.